The first-order chi connectivity index (χ1) is 18.2. The number of carboxylic acids is 2. The molecule has 0 aliphatic carbocycles. The van der Waals surface area contributed by atoms with Crippen LogP contribution in [0.3, 0.4) is 0 Å². The fourth-order valence-electron chi connectivity index (χ4n) is 4.93. The van der Waals surface area contributed by atoms with Crippen LogP contribution in [0.4, 0.5) is 0 Å². The summed E-state index contributed by atoms with van der Waals surface area (Å²) in [6.45, 7) is 3.81. The van der Waals surface area contributed by atoms with Crippen LogP contribution in [0, 0.1) is 0 Å². The highest BCUT2D eigenvalue weighted by Gasteiger charge is 2.43. The lowest BCUT2D eigenvalue weighted by atomic mass is 9.99. The monoisotopic (exact) mass is 542 g/mol. The zero-order valence-electron chi connectivity index (χ0n) is 22.7. The topological polar surface area (TPSA) is 104 Å². The number of fused-ring (bicyclic) bond motifs is 1. The van der Waals surface area contributed by atoms with Crippen LogP contribution < -0.4 is 4.74 Å². The molecule has 0 aromatic heterocycles. The van der Waals surface area contributed by atoms with E-state index in [-0.39, 0.29) is 18.1 Å². The Bertz CT molecular complexity index is 1050. The Morgan fingerprint density at radius 3 is 2.32 bits per heavy atom. The second kappa shape index (κ2) is 14.6. The summed E-state index contributed by atoms with van der Waals surface area (Å²) in [5.41, 5.74) is 1.75. The smallest absolute Gasteiger partial charge is 0.348 e. The van der Waals surface area contributed by atoms with Crippen molar-refractivity contribution in [3.05, 3.63) is 59.2 Å². The lowest BCUT2D eigenvalue weighted by molar-refractivity contribution is -0.152. The van der Waals surface area contributed by atoms with Crippen LogP contribution in [0.5, 0.6) is 5.75 Å². The summed E-state index contributed by atoms with van der Waals surface area (Å²) in [6, 6.07) is 14.0. The molecule has 0 saturated heterocycles. The third kappa shape index (κ3) is 8.50. The number of aryl methyl sites for hydroxylation is 1. The van der Waals surface area contributed by atoms with Crippen LogP contribution in [0.2, 0.25) is 0 Å². The Morgan fingerprint density at radius 1 is 0.974 bits per heavy atom. The Kier molecular flexibility index (Phi) is 11.5. The van der Waals surface area contributed by atoms with E-state index in [4.69, 9.17) is 9.84 Å². The Balaban J connectivity index is 1.71. The van der Waals surface area contributed by atoms with E-state index >= 15 is 0 Å². The van der Waals surface area contributed by atoms with E-state index in [2.05, 4.69) is 31.2 Å². The number of thioether (sulfide) groups is 1. The fraction of sp³-hybridized carbons (Fsp3) is 0.548. The van der Waals surface area contributed by atoms with Gasteiger partial charge in [0.1, 0.15) is 5.75 Å². The molecular formula is C31H42O6S. The van der Waals surface area contributed by atoms with Crippen molar-refractivity contribution in [1.29, 1.82) is 0 Å². The van der Waals surface area contributed by atoms with E-state index in [0.717, 1.165) is 28.9 Å². The molecule has 6 nitrogen and oxygen atoms in total. The van der Waals surface area contributed by atoms with Crippen molar-refractivity contribution in [2.75, 3.05) is 0 Å². The number of hydrogen-bond donors (Lipinski definition) is 3. The minimum absolute atomic E-state index is 0.00659. The molecule has 0 amide bonds. The van der Waals surface area contributed by atoms with Crippen molar-refractivity contribution in [1.82, 2.24) is 0 Å². The van der Waals surface area contributed by atoms with Crippen LogP contribution in [-0.2, 0) is 22.4 Å². The molecule has 3 unspecified atom stereocenters. The molecule has 0 bridgehead atoms. The number of aliphatic hydroxyl groups excluding tert-OH is 1. The molecule has 0 radical (unpaired) electrons. The van der Waals surface area contributed by atoms with Gasteiger partial charge in [0, 0.05) is 12.8 Å². The summed E-state index contributed by atoms with van der Waals surface area (Å²) in [7, 11) is 0. The number of carboxylic acid groups (broad SMARTS) is 2. The van der Waals surface area contributed by atoms with Crippen LogP contribution in [0.25, 0.3) is 0 Å². The van der Waals surface area contributed by atoms with Gasteiger partial charge in [-0.25, -0.2) is 4.79 Å². The molecule has 1 aliphatic heterocycles. The predicted octanol–water partition coefficient (Wildman–Crippen LogP) is 7.21. The van der Waals surface area contributed by atoms with Crippen LogP contribution in [0.1, 0.15) is 100.0 Å². The molecule has 1 heterocycles. The van der Waals surface area contributed by atoms with E-state index in [0.29, 0.717) is 18.6 Å². The molecule has 3 rings (SSSR count). The van der Waals surface area contributed by atoms with Crippen LogP contribution in [-0.4, -0.2) is 39.0 Å². The van der Waals surface area contributed by atoms with Gasteiger partial charge in [-0.15, -0.1) is 11.8 Å². The van der Waals surface area contributed by atoms with Crippen molar-refractivity contribution < 1.29 is 29.6 Å². The van der Waals surface area contributed by atoms with E-state index in [1.165, 1.54) is 55.9 Å². The summed E-state index contributed by atoms with van der Waals surface area (Å²) in [5.74, 6) is -1.33. The number of carbonyl (C=O) groups is 2. The van der Waals surface area contributed by atoms with E-state index in [1.807, 2.05) is 18.2 Å². The standard InChI is InChI=1S/C31H42O6S/c1-3-4-5-6-7-8-9-12-22-17-19-23(20-18-22)29(25(32)14-11-16-27(33)34)38-26-15-10-13-24-21-31(2,30(35)36)37-28(24)26/h10,13,15,17-20,25,29,32H,3-9,11-12,14,16,21H2,1-2H3,(H,33,34)(H,35,36). The number of para-hydroxylation sites is 1. The summed E-state index contributed by atoms with van der Waals surface area (Å²) >= 11 is 1.45. The molecule has 0 spiro atoms. The Labute approximate surface area is 230 Å². The Hall–Kier alpha value is -2.51. The third-order valence-corrected chi connectivity index (χ3v) is 8.65. The van der Waals surface area contributed by atoms with Gasteiger partial charge in [-0.1, -0.05) is 81.8 Å². The molecule has 3 atom stereocenters. The number of hydrogen-bond acceptors (Lipinski definition) is 5. The van der Waals surface area contributed by atoms with E-state index in [9.17, 15) is 19.8 Å². The number of ether oxygens (including phenoxy) is 1. The first kappa shape index (κ1) is 30.0. The second-order valence-electron chi connectivity index (χ2n) is 10.6. The molecule has 2 aromatic rings. The van der Waals surface area contributed by atoms with Gasteiger partial charge in [0.2, 0.25) is 5.60 Å². The van der Waals surface area contributed by atoms with Gasteiger partial charge in [0.25, 0.3) is 0 Å². The zero-order valence-corrected chi connectivity index (χ0v) is 23.5. The first-order valence-corrected chi connectivity index (χ1v) is 14.8. The lowest BCUT2D eigenvalue weighted by Crippen LogP contribution is -2.39. The van der Waals surface area contributed by atoms with Gasteiger partial charge in [-0.3, -0.25) is 4.79 Å². The quantitative estimate of drug-likeness (QED) is 0.143. The molecule has 208 valence electrons. The number of unbranched alkanes of at least 4 members (excludes halogenated alkanes) is 6. The maximum Gasteiger partial charge on any atom is 0.348 e. The largest absolute Gasteiger partial charge is 0.481 e. The van der Waals surface area contributed by atoms with Gasteiger partial charge in [-0.05, 0) is 55.4 Å². The molecule has 1 aliphatic rings. The maximum atomic E-state index is 11.8. The van der Waals surface area contributed by atoms with Gasteiger partial charge in [0.05, 0.1) is 16.2 Å². The van der Waals surface area contributed by atoms with Gasteiger partial charge in [-0.2, -0.15) is 0 Å². The van der Waals surface area contributed by atoms with Gasteiger partial charge >= 0.3 is 11.9 Å². The highest BCUT2D eigenvalue weighted by Crippen LogP contribution is 2.48. The van der Waals surface area contributed by atoms with E-state index in [1.54, 1.807) is 6.92 Å². The van der Waals surface area contributed by atoms with Gasteiger partial charge in [0.15, 0.2) is 0 Å². The SMILES string of the molecule is CCCCCCCCCc1ccc(C(Sc2cccc3c2OC(C)(C(=O)O)C3)C(O)CCCC(=O)O)cc1. The lowest BCUT2D eigenvalue weighted by Gasteiger charge is -2.25. The summed E-state index contributed by atoms with van der Waals surface area (Å²) in [6.07, 6.45) is 10.2. The molecular weight excluding hydrogens is 500 g/mol. The van der Waals surface area contributed by atoms with Crippen molar-refractivity contribution in [2.24, 2.45) is 0 Å². The van der Waals surface area contributed by atoms with Crippen molar-refractivity contribution in [2.45, 2.75) is 113 Å². The molecule has 2 aromatic carbocycles. The summed E-state index contributed by atoms with van der Waals surface area (Å²) < 4.78 is 5.94. The normalized spacial score (nSPS) is 18.0. The minimum Gasteiger partial charge on any atom is -0.481 e. The average Bonchev–Trinajstić information content (AvgIpc) is 3.25. The highest BCUT2D eigenvalue weighted by atomic mass is 32.2. The molecule has 3 N–H and O–H groups in total. The predicted molar refractivity (Wildman–Crippen MR) is 151 cm³/mol. The van der Waals surface area contributed by atoms with Gasteiger partial charge < -0.3 is 20.1 Å². The fourth-order valence-corrected chi connectivity index (χ4v) is 6.23. The zero-order chi connectivity index (χ0) is 27.5. The molecule has 38 heavy (non-hydrogen) atoms. The first-order valence-electron chi connectivity index (χ1n) is 13.9. The Morgan fingerprint density at radius 2 is 1.66 bits per heavy atom. The van der Waals surface area contributed by atoms with Crippen molar-refractivity contribution in [3.8, 4) is 5.75 Å². The number of benzene rings is 2. The number of rotatable bonds is 17. The average molecular weight is 543 g/mol. The number of aliphatic hydroxyl groups is 1. The summed E-state index contributed by atoms with van der Waals surface area (Å²) in [5, 5.41) is 29.5. The number of aliphatic carboxylic acids is 2. The van der Waals surface area contributed by atoms with E-state index < -0.39 is 23.6 Å². The summed E-state index contributed by atoms with van der Waals surface area (Å²) in [4.78, 5) is 23.6. The van der Waals surface area contributed by atoms with Crippen molar-refractivity contribution >= 4 is 23.7 Å². The van der Waals surface area contributed by atoms with Crippen molar-refractivity contribution in [3.63, 3.8) is 0 Å². The maximum absolute atomic E-state index is 11.8. The molecule has 0 fully saturated rings. The van der Waals surface area contributed by atoms with Crippen LogP contribution >= 0.6 is 11.8 Å². The van der Waals surface area contributed by atoms with Crippen LogP contribution in [0.15, 0.2) is 47.4 Å². The molecule has 7 heteroatoms. The highest BCUT2D eigenvalue weighted by molar-refractivity contribution is 7.99. The molecule has 0 saturated carbocycles. The minimum atomic E-state index is -1.31. The third-order valence-electron chi connectivity index (χ3n) is 7.24. The second-order valence-corrected chi connectivity index (χ2v) is 11.7.